The van der Waals surface area contributed by atoms with Crippen molar-refractivity contribution in [2.75, 3.05) is 13.2 Å². The Kier molecular flexibility index (Phi) is 4.38. The molecule has 0 amide bonds. The van der Waals surface area contributed by atoms with Gasteiger partial charge in [-0.3, -0.25) is 4.98 Å². The molecule has 0 fully saturated rings. The highest BCUT2D eigenvalue weighted by Gasteiger charge is 2.14. The lowest BCUT2D eigenvalue weighted by atomic mass is 10.2. The molecule has 0 radical (unpaired) electrons. The van der Waals surface area contributed by atoms with Gasteiger partial charge in [0.1, 0.15) is 0 Å². The zero-order chi connectivity index (χ0) is 12.8. The first-order chi connectivity index (χ1) is 8.83. The van der Waals surface area contributed by atoms with E-state index in [4.69, 9.17) is 15.0 Å². The molecule has 0 aliphatic heterocycles. The van der Waals surface area contributed by atoms with Gasteiger partial charge in [-0.25, -0.2) is 0 Å². The Morgan fingerprint density at radius 2 is 2.17 bits per heavy atom. The van der Waals surface area contributed by atoms with Gasteiger partial charge >= 0.3 is 0 Å². The summed E-state index contributed by atoms with van der Waals surface area (Å²) < 4.78 is 10.6. The van der Waals surface area contributed by atoms with Crippen LogP contribution in [0.25, 0.3) is 11.4 Å². The smallest absolute Gasteiger partial charge is 0.229 e. The molecule has 2 heterocycles. The van der Waals surface area contributed by atoms with Gasteiger partial charge in [0.25, 0.3) is 0 Å². The normalized spacial score (nSPS) is 12.6. The molecule has 2 aromatic rings. The summed E-state index contributed by atoms with van der Waals surface area (Å²) in [5.41, 5.74) is 6.48. The van der Waals surface area contributed by atoms with Gasteiger partial charge in [0.2, 0.25) is 11.7 Å². The van der Waals surface area contributed by atoms with Crippen LogP contribution in [0.4, 0.5) is 0 Å². The lowest BCUT2D eigenvalue weighted by molar-refractivity contribution is 0.0636. The Hall–Kier alpha value is -1.79. The van der Waals surface area contributed by atoms with Crippen LogP contribution in [0.2, 0.25) is 0 Å². The number of nitrogens with zero attached hydrogens (tertiary/aromatic N) is 3. The van der Waals surface area contributed by atoms with Gasteiger partial charge < -0.3 is 15.0 Å². The monoisotopic (exact) mass is 248 g/mol. The van der Waals surface area contributed by atoms with Gasteiger partial charge in [-0.1, -0.05) is 5.16 Å². The number of nitrogens with two attached hydrogens (primary N) is 1. The van der Waals surface area contributed by atoms with Crippen molar-refractivity contribution in [1.29, 1.82) is 0 Å². The van der Waals surface area contributed by atoms with Crippen molar-refractivity contribution in [2.45, 2.75) is 19.4 Å². The molecule has 0 aromatic carbocycles. The van der Waals surface area contributed by atoms with E-state index in [0.29, 0.717) is 31.3 Å². The van der Waals surface area contributed by atoms with Crippen LogP contribution < -0.4 is 5.73 Å². The first-order valence-electron chi connectivity index (χ1n) is 5.88. The first-order valence-corrected chi connectivity index (χ1v) is 5.88. The average Bonchev–Trinajstić information content (AvgIpc) is 2.88. The third kappa shape index (κ3) is 3.12. The van der Waals surface area contributed by atoms with E-state index in [-0.39, 0.29) is 6.10 Å². The zero-order valence-corrected chi connectivity index (χ0v) is 10.2. The van der Waals surface area contributed by atoms with Crippen molar-refractivity contribution in [3.8, 4) is 11.4 Å². The van der Waals surface area contributed by atoms with Gasteiger partial charge in [0.15, 0.2) is 0 Å². The van der Waals surface area contributed by atoms with Crippen LogP contribution in [0.1, 0.15) is 12.8 Å². The minimum atomic E-state index is -0.0826. The molecular formula is C12H16N4O2. The fraction of sp³-hybridized carbons (Fsp3) is 0.417. The lowest BCUT2D eigenvalue weighted by Crippen LogP contribution is -2.26. The second-order valence-electron chi connectivity index (χ2n) is 3.76. The van der Waals surface area contributed by atoms with Crippen molar-refractivity contribution in [3.05, 3.63) is 30.4 Å². The predicted molar refractivity (Wildman–Crippen MR) is 65.7 cm³/mol. The van der Waals surface area contributed by atoms with Gasteiger partial charge in [0, 0.05) is 31.1 Å². The summed E-state index contributed by atoms with van der Waals surface area (Å²) >= 11 is 0. The molecule has 0 spiro atoms. The van der Waals surface area contributed by atoms with E-state index in [0.717, 1.165) is 5.56 Å². The maximum atomic E-state index is 5.60. The first kappa shape index (κ1) is 12.7. The fourth-order valence-electron chi connectivity index (χ4n) is 1.60. The SMILES string of the molecule is CCOC(CN)Cc1nc(-c2ccncc2)no1. The Morgan fingerprint density at radius 3 is 2.83 bits per heavy atom. The number of rotatable bonds is 6. The minimum Gasteiger partial charge on any atom is -0.377 e. The molecule has 1 unspecified atom stereocenters. The highest BCUT2D eigenvalue weighted by atomic mass is 16.5. The molecular weight excluding hydrogens is 232 g/mol. The summed E-state index contributed by atoms with van der Waals surface area (Å²) in [5.74, 6) is 1.09. The lowest BCUT2D eigenvalue weighted by Gasteiger charge is -2.11. The maximum Gasteiger partial charge on any atom is 0.229 e. The van der Waals surface area contributed by atoms with E-state index in [1.54, 1.807) is 12.4 Å². The fourth-order valence-corrected chi connectivity index (χ4v) is 1.60. The molecule has 2 aromatic heterocycles. The summed E-state index contributed by atoms with van der Waals surface area (Å²) in [6.07, 6.45) is 3.83. The van der Waals surface area contributed by atoms with Crippen molar-refractivity contribution < 1.29 is 9.26 Å². The van der Waals surface area contributed by atoms with Gasteiger partial charge in [-0.05, 0) is 19.1 Å². The largest absolute Gasteiger partial charge is 0.377 e. The molecule has 0 aliphatic carbocycles. The van der Waals surface area contributed by atoms with Crippen LogP contribution in [0.5, 0.6) is 0 Å². The summed E-state index contributed by atoms with van der Waals surface area (Å²) in [5, 5.41) is 3.92. The quantitative estimate of drug-likeness (QED) is 0.821. The number of hydrogen-bond donors (Lipinski definition) is 1. The molecule has 6 nitrogen and oxygen atoms in total. The van der Waals surface area contributed by atoms with E-state index in [1.807, 2.05) is 19.1 Å². The summed E-state index contributed by atoms with van der Waals surface area (Å²) in [6, 6.07) is 3.66. The van der Waals surface area contributed by atoms with Crippen molar-refractivity contribution in [1.82, 2.24) is 15.1 Å². The third-order valence-corrected chi connectivity index (χ3v) is 2.47. The second kappa shape index (κ2) is 6.23. The zero-order valence-electron chi connectivity index (χ0n) is 10.2. The number of ether oxygens (including phenoxy) is 1. The summed E-state index contributed by atoms with van der Waals surface area (Å²) in [4.78, 5) is 8.25. The minimum absolute atomic E-state index is 0.0826. The molecule has 0 bridgehead atoms. The van der Waals surface area contributed by atoms with Crippen LogP contribution in [0.15, 0.2) is 29.0 Å². The van der Waals surface area contributed by atoms with E-state index in [1.165, 1.54) is 0 Å². The van der Waals surface area contributed by atoms with E-state index in [9.17, 15) is 0 Å². The molecule has 0 saturated heterocycles. The van der Waals surface area contributed by atoms with Crippen molar-refractivity contribution in [2.24, 2.45) is 5.73 Å². The molecule has 1 atom stereocenters. The maximum absolute atomic E-state index is 5.60. The molecule has 2 rings (SSSR count). The number of aromatic nitrogens is 3. The number of pyridine rings is 1. The predicted octanol–water partition coefficient (Wildman–Crippen LogP) is 1.04. The third-order valence-electron chi connectivity index (χ3n) is 2.47. The average molecular weight is 248 g/mol. The standard InChI is InChI=1S/C12H16N4O2/c1-2-17-10(8-13)7-11-15-12(16-18-11)9-3-5-14-6-4-9/h3-6,10H,2,7-8,13H2,1H3. The van der Waals surface area contributed by atoms with Crippen LogP contribution >= 0.6 is 0 Å². The van der Waals surface area contributed by atoms with Gasteiger partial charge in [0.05, 0.1) is 12.5 Å². The Balaban J connectivity index is 2.06. The Labute approximate surface area is 105 Å². The molecule has 6 heteroatoms. The molecule has 96 valence electrons. The van der Waals surface area contributed by atoms with Gasteiger partial charge in [-0.15, -0.1) is 0 Å². The van der Waals surface area contributed by atoms with Crippen LogP contribution in [0, 0.1) is 0 Å². The van der Waals surface area contributed by atoms with Crippen molar-refractivity contribution in [3.63, 3.8) is 0 Å². The molecule has 0 aliphatic rings. The summed E-state index contributed by atoms with van der Waals surface area (Å²) in [7, 11) is 0. The molecule has 2 N–H and O–H groups in total. The topological polar surface area (TPSA) is 87.1 Å². The van der Waals surface area contributed by atoms with Gasteiger partial charge in [-0.2, -0.15) is 4.98 Å². The molecule has 0 saturated carbocycles. The summed E-state index contributed by atoms with van der Waals surface area (Å²) in [6.45, 7) is 2.98. The number of hydrogen-bond acceptors (Lipinski definition) is 6. The second-order valence-corrected chi connectivity index (χ2v) is 3.76. The van der Waals surface area contributed by atoms with E-state index in [2.05, 4.69) is 15.1 Å². The van der Waals surface area contributed by atoms with Crippen LogP contribution in [-0.2, 0) is 11.2 Å². The highest BCUT2D eigenvalue weighted by Crippen LogP contribution is 2.14. The van der Waals surface area contributed by atoms with Crippen molar-refractivity contribution >= 4 is 0 Å². The molecule has 18 heavy (non-hydrogen) atoms. The van der Waals surface area contributed by atoms with Crippen LogP contribution in [0.3, 0.4) is 0 Å². The Bertz CT molecular complexity index is 472. The highest BCUT2D eigenvalue weighted by molar-refractivity contribution is 5.52. The van der Waals surface area contributed by atoms with E-state index < -0.39 is 0 Å². The Morgan fingerprint density at radius 1 is 1.39 bits per heavy atom. The van der Waals surface area contributed by atoms with Crippen LogP contribution in [-0.4, -0.2) is 34.4 Å². The van der Waals surface area contributed by atoms with E-state index >= 15 is 0 Å².